The third kappa shape index (κ3) is 7.26. The zero-order chi connectivity index (χ0) is 32.1. The van der Waals surface area contributed by atoms with E-state index in [0.717, 1.165) is 22.9 Å². The number of rotatable bonds is 8. The second-order valence-corrected chi connectivity index (χ2v) is 11.1. The van der Waals surface area contributed by atoms with Crippen LogP contribution in [0.1, 0.15) is 62.4 Å². The zero-order valence-electron chi connectivity index (χ0n) is 25.7. The van der Waals surface area contributed by atoms with Crippen molar-refractivity contribution in [3.8, 4) is 52.2 Å². The molecule has 1 N–H and O–H groups in total. The van der Waals surface area contributed by atoms with Crippen LogP contribution in [0.3, 0.4) is 0 Å². The van der Waals surface area contributed by atoms with Gasteiger partial charge in [-0.3, -0.25) is 0 Å². The average molecular weight is 642 g/mol. The lowest BCUT2D eigenvalue weighted by Gasteiger charge is -2.10. The number of hydrogen-bond donors (Lipinski definition) is 1. The van der Waals surface area contributed by atoms with Crippen LogP contribution in [-0.2, 0) is 0 Å². The number of aromatic nitrogens is 4. The molecule has 2 aromatic carbocycles. The van der Waals surface area contributed by atoms with Crippen LogP contribution in [0.4, 0.5) is 0 Å². The van der Waals surface area contributed by atoms with Crippen molar-refractivity contribution in [3.63, 3.8) is 0 Å². The molecule has 232 valence electrons. The molecule has 44 heavy (non-hydrogen) atoms. The van der Waals surface area contributed by atoms with Crippen LogP contribution in [0.15, 0.2) is 51.3 Å². The highest BCUT2D eigenvalue weighted by atomic mass is 35.5. The van der Waals surface area contributed by atoms with Crippen LogP contribution in [0.5, 0.6) is 29.3 Å². The Labute approximate surface area is 266 Å². The van der Waals surface area contributed by atoms with E-state index < -0.39 is 0 Å². The van der Waals surface area contributed by atoms with Crippen molar-refractivity contribution >= 4 is 23.2 Å². The average Bonchev–Trinajstić information content (AvgIpc) is 3.55. The molecule has 10 nitrogen and oxygen atoms in total. The van der Waals surface area contributed by atoms with Gasteiger partial charge in [0.05, 0.1) is 52.8 Å². The number of oxazole rings is 2. The van der Waals surface area contributed by atoms with E-state index in [1.165, 1.54) is 14.2 Å². The fourth-order valence-electron chi connectivity index (χ4n) is 4.36. The van der Waals surface area contributed by atoms with Gasteiger partial charge >= 0.3 is 6.01 Å². The van der Waals surface area contributed by atoms with Gasteiger partial charge in [-0.25, -0.2) is 9.97 Å². The summed E-state index contributed by atoms with van der Waals surface area (Å²) in [4.78, 5) is 17.3. The van der Waals surface area contributed by atoms with E-state index in [2.05, 4.69) is 33.8 Å². The number of methoxy groups -OCH3 is 2. The van der Waals surface area contributed by atoms with Gasteiger partial charge in [0, 0.05) is 0 Å². The quantitative estimate of drug-likeness (QED) is 0.175. The van der Waals surface area contributed by atoms with Crippen LogP contribution in [0, 0.1) is 13.8 Å². The molecule has 0 saturated heterocycles. The Balaban J connectivity index is 0.000000223. The lowest BCUT2D eigenvalue weighted by atomic mass is 10.1. The van der Waals surface area contributed by atoms with Gasteiger partial charge in [0.15, 0.2) is 0 Å². The van der Waals surface area contributed by atoms with Gasteiger partial charge in [-0.05, 0) is 49.9 Å². The molecule has 5 aromatic rings. The molecule has 3 heterocycles. The summed E-state index contributed by atoms with van der Waals surface area (Å²) < 4.78 is 27.6. The van der Waals surface area contributed by atoms with Gasteiger partial charge in [0.25, 0.3) is 0 Å². The molecule has 0 aliphatic carbocycles. The SMILES string of the molecule is COc1cc(OC)nc(Oc2cccc(Cl)c2-c2nc(C(C)C)c(C)o2)n1.Cc1oc(-c2c(O)cccc2Cl)nc1C(C)C. The molecule has 3 aromatic heterocycles. The predicted octanol–water partition coefficient (Wildman–Crippen LogP) is 9.16. The molecule has 0 spiro atoms. The maximum atomic E-state index is 9.80. The van der Waals surface area contributed by atoms with Crippen LogP contribution in [0.2, 0.25) is 10.0 Å². The number of ether oxygens (including phenoxy) is 3. The monoisotopic (exact) mass is 640 g/mol. The first kappa shape index (κ1) is 32.6. The number of nitrogens with zero attached hydrogens (tertiary/aromatic N) is 4. The van der Waals surface area contributed by atoms with Gasteiger partial charge in [-0.1, -0.05) is 63.0 Å². The number of hydrogen-bond acceptors (Lipinski definition) is 10. The summed E-state index contributed by atoms with van der Waals surface area (Å²) in [6.07, 6.45) is 0. The summed E-state index contributed by atoms with van der Waals surface area (Å²) in [7, 11) is 3.00. The van der Waals surface area contributed by atoms with E-state index in [4.69, 9.17) is 46.2 Å². The first-order valence-corrected chi connectivity index (χ1v) is 14.5. The van der Waals surface area contributed by atoms with Crippen LogP contribution in [0.25, 0.3) is 22.9 Å². The maximum Gasteiger partial charge on any atom is 0.328 e. The Hall–Kier alpha value is -4.28. The third-order valence-corrected chi connectivity index (χ3v) is 7.06. The van der Waals surface area contributed by atoms with Crippen LogP contribution >= 0.6 is 23.2 Å². The van der Waals surface area contributed by atoms with Crippen LogP contribution in [-0.4, -0.2) is 39.3 Å². The number of benzene rings is 2. The molecule has 0 amide bonds. The van der Waals surface area contributed by atoms with Crippen molar-refractivity contribution < 1.29 is 28.2 Å². The molecular formula is C32H34Cl2N4O6. The van der Waals surface area contributed by atoms with E-state index in [1.807, 2.05) is 27.7 Å². The predicted molar refractivity (Wildman–Crippen MR) is 168 cm³/mol. The molecule has 0 atom stereocenters. The van der Waals surface area contributed by atoms with Crippen molar-refractivity contribution in [1.82, 2.24) is 19.9 Å². The smallest absolute Gasteiger partial charge is 0.328 e. The van der Waals surface area contributed by atoms with E-state index in [0.29, 0.717) is 50.5 Å². The largest absolute Gasteiger partial charge is 0.507 e. The molecule has 0 unspecified atom stereocenters. The topological polar surface area (TPSA) is 126 Å². The van der Waals surface area contributed by atoms with Crippen LogP contribution < -0.4 is 14.2 Å². The lowest BCUT2D eigenvalue weighted by molar-refractivity contribution is 0.348. The van der Waals surface area contributed by atoms with Crippen molar-refractivity contribution in [2.45, 2.75) is 53.4 Å². The van der Waals surface area contributed by atoms with E-state index in [1.54, 1.807) is 42.5 Å². The normalized spacial score (nSPS) is 11.0. The molecule has 0 aliphatic heterocycles. The van der Waals surface area contributed by atoms with Gasteiger partial charge in [-0.2, -0.15) is 9.97 Å². The number of phenolic OH excluding ortho intramolecular Hbond substituents is 1. The number of phenols is 1. The van der Waals surface area contributed by atoms with E-state index in [-0.39, 0.29) is 23.6 Å². The lowest BCUT2D eigenvalue weighted by Crippen LogP contribution is -1.99. The first-order chi connectivity index (χ1) is 20.9. The summed E-state index contributed by atoms with van der Waals surface area (Å²) in [5.41, 5.74) is 2.73. The summed E-state index contributed by atoms with van der Waals surface area (Å²) in [5.74, 6) is 3.87. The van der Waals surface area contributed by atoms with E-state index >= 15 is 0 Å². The first-order valence-electron chi connectivity index (χ1n) is 13.8. The zero-order valence-corrected chi connectivity index (χ0v) is 27.2. The van der Waals surface area contributed by atoms with Crippen molar-refractivity contribution in [2.24, 2.45) is 0 Å². The Morgan fingerprint density at radius 2 is 1.18 bits per heavy atom. The molecule has 0 fully saturated rings. The minimum Gasteiger partial charge on any atom is -0.507 e. The second-order valence-electron chi connectivity index (χ2n) is 10.3. The summed E-state index contributed by atoms with van der Waals surface area (Å²) in [6.45, 7) is 11.9. The fourth-order valence-corrected chi connectivity index (χ4v) is 4.86. The summed E-state index contributed by atoms with van der Waals surface area (Å²) in [6, 6.07) is 11.8. The highest BCUT2D eigenvalue weighted by Gasteiger charge is 2.22. The van der Waals surface area contributed by atoms with Gasteiger partial charge < -0.3 is 28.2 Å². The number of aromatic hydroxyl groups is 1. The molecular weight excluding hydrogens is 607 g/mol. The Morgan fingerprint density at radius 1 is 0.705 bits per heavy atom. The second kappa shape index (κ2) is 14.0. The maximum absolute atomic E-state index is 9.80. The van der Waals surface area contributed by atoms with Gasteiger partial charge in [0.2, 0.25) is 23.5 Å². The molecule has 0 radical (unpaired) electrons. The molecule has 0 bridgehead atoms. The summed E-state index contributed by atoms with van der Waals surface area (Å²) in [5, 5.41) is 10.7. The Morgan fingerprint density at radius 3 is 1.64 bits per heavy atom. The highest BCUT2D eigenvalue weighted by Crippen LogP contribution is 2.40. The molecule has 5 rings (SSSR count). The standard InChI is InChI=1S/C19H20ClN3O4.C13H14ClNO2/c1-10(2)17-11(3)26-18(23-17)16-12(20)7-6-8-13(16)27-19-21-14(24-4)9-15(22-19)25-5;1-7(2)12-8(3)17-13(15-12)11-9(14)5-4-6-10(11)16/h6-10H,1-5H3;4-7,16H,1-3H3. The van der Waals surface area contributed by atoms with Gasteiger partial charge in [0.1, 0.15) is 23.0 Å². The Kier molecular flexibility index (Phi) is 10.4. The Bertz CT molecular complexity index is 1710. The molecule has 12 heteroatoms. The van der Waals surface area contributed by atoms with Crippen molar-refractivity contribution in [2.75, 3.05) is 14.2 Å². The molecule has 0 aliphatic rings. The third-order valence-electron chi connectivity index (χ3n) is 6.43. The molecule has 0 saturated carbocycles. The fraction of sp³-hybridized carbons (Fsp3) is 0.312. The van der Waals surface area contributed by atoms with Crippen molar-refractivity contribution in [1.29, 1.82) is 0 Å². The van der Waals surface area contributed by atoms with Gasteiger partial charge in [-0.15, -0.1) is 0 Å². The minimum atomic E-state index is 0.0575. The number of aryl methyl sites for hydroxylation is 2. The van der Waals surface area contributed by atoms with E-state index in [9.17, 15) is 5.11 Å². The minimum absolute atomic E-state index is 0.0575. The van der Waals surface area contributed by atoms with Crippen molar-refractivity contribution in [3.05, 3.63) is 75.4 Å². The number of halogens is 2. The highest BCUT2D eigenvalue weighted by molar-refractivity contribution is 6.33. The summed E-state index contributed by atoms with van der Waals surface area (Å²) >= 11 is 12.5.